The number of nitrogens with zero attached hydrogens (tertiary/aromatic N) is 6. The van der Waals surface area contributed by atoms with Crippen LogP contribution < -0.4 is 4.74 Å². The Morgan fingerprint density at radius 1 is 1.27 bits per heavy atom. The van der Waals surface area contributed by atoms with Crippen molar-refractivity contribution < 1.29 is 9.53 Å². The van der Waals surface area contributed by atoms with Gasteiger partial charge in [-0.15, -0.1) is 0 Å². The van der Waals surface area contributed by atoms with Crippen molar-refractivity contribution in [1.82, 2.24) is 24.4 Å². The van der Waals surface area contributed by atoms with E-state index >= 15 is 0 Å². The molecule has 4 rings (SSSR count). The number of hydrogen-bond acceptors (Lipinski definition) is 6. The first-order valence-corrected chi connectivity index (χ1v) is 8.30. The third-order valence-corrected chi connectivity index (χ3v) is 4.38. The smallest absolute Gasteiger partial charge is 0.251 e. The molecule has 3 heterocycles. The molecule has 3 aromatic rings. The van der Waals surface area contributed by atoms with Crippen LogP contribution in [0, 0.1) is 11.3 Å². The van der Waals surface area contributed by atoms with Crippen molar-refractivity contribution in [2.45, 2.75) is 19.1 Å². The molecule has 26 heavy (non-hydrogen) atoms. The van der Waals surface area contributed by atoms with E-state index in [0.717, 1.165) is 11.0 Å². The Hall–Kier alpha value is -3.47. The Morgan fingerprint density at radius 2 is 2.12 bits per heavy atom. The third-order valence-electron chi connectivity index (χ3n) is 4.38. The van der Waals surface area contributed by atoms with E-state index in [1.54, 1.807) is 11.2 Å². The fourth-order valence-corrected chi connectivity index (χ4v) is 3.08. The Balaban J connectivity index is 1.40. The van der Waals surface area contributed by atoms with Gasteiger partial charge >= 0.3 is 0 Å². The van der Waals surface area contributed by atoms with E-state index in [0.29, 0.717) is 19.5 Å². The van der Waals surface area contributed by atoms with Crippen molar-refractivity contribution in [2.75, 3.05) is 13.1 Å². The molecule has 0 unspecified atom stereocenters. The minimum atomic E-state index is -0.192. The van der Waals surface area contributed by atoms with Gasteiger partial charge < -0.3 is 14.2 Å². The molecule has 0 saturated carbocycles. The molecule has 0 N–H and O–H groups in total. The van der Waals surface area contributed by atoms with Crippen LogP contribution in [0.5, 0.6) is 5.88 Å². The van der Waals surface area contributed by atoms with Crippen LogP contribution in [0.4, 0.5) is 0 Å². The fourth-order valence-electron chi connectivity index (χ4n) is 3.08. The highest BCUT2D eigenvalue weighted by molar-refractivity contribution is 5.80. The van der Waals surface area contributed by atoms with Crippen LogP contribution in [0.15, 0.2) is 43.0 Å². The van der Waals surface area contributed by atoms with E-state index in [1.807, 2.05) is 34.9 Å². The molecular formula is C18H16N6O2. The van der Waals surface area contributed by atoms with Crippen molar-refractivity contribution in [3.63, 3.8) is 0 Å². The van der Waals surface area contributed by atoms with Gasteiger partial charge in [-0.05, 0) is 12.1 Å². The Kier molecular flexibility index (Phi) is 4.19. The number of carbonyl (C=O) groups excluding carboxylic acids is 1. The summed E-state index contributed by atoms with van der Waals surface area (Å²) in [5.74, 6) is 0.230. The number of para-hydroxylation sites is 2. The lowest BCUT2D eigenvalue weighted by Gasteiger charge is -2.17. The van der Waals surface area contributed by atoms with Crippen LogP contribution >= 0.6 is 0 Å². The topological polar surface area (TPSA) is 96.9 Å². The van der Waals surface area contributed by atoms with Gasteiger partial charge in [0.05, 0.1) is 23.9 Å². The number of hydrogen-bond donors (Lipinski definition) is 0. The summed E-state index contributed by atoms with van der Waals surface area (Å²) in [5.41, 5.74) is 1.96. The molecule has 1 amide bonds. The third kappa shape index (κ3) is 3.07. The SMILES string of the molecule is N#Cc1nccnc1O[C@@H]1CCN(C(=O)Cn2cnc3ccccc32)C1. The summed E-state index contributed by atoms with van der Waals surface area (Å²) in [6.45, 7) is 1.31. The molecule has 1 aromatic carbocycles. The average Bonchev–Trinajstić information content (AvgIpc) is 3.30. The zero-order valence-electron chi connectivity index (χ0n) is 13.9. The first-order valence-electron chi connectivity index (χ1n) is 8.30. The summed E-state index contributed by atoms with van der Waals surface area (Å²) in [5, 5.41) is 9.06. The monoisotopic (exact) mass is 348 g/mol. The summed E-state index contributed by atoms with van der Waals surface area (Å²) in [6, 6.07) is 9.68. The number of benzene rings is 1. The van der Waals surface area contributed by atoms with Crippen LogP contribution in [0.3, 0.4) is 0 Å². The molecule has 1 aliphatic heterocycles. The Labute approximate surface area is 149 Å². The van der Waals surface area contributed by atoms with Crippen LogP contribution in [0.1, 0.15) is 12.1 Å². The maximum absolute atomic E-state index is 12.6. The summed E-state index contributed by atoms with van der Waals surface area (Å²) >= 11 is 0. The predicted molar refractivity (Wildman–Crippen MR) is 92.1 cm³/mol. The van der Waals surface area contributed by atoms with Gasteiger partial charge in [0, 0.05) is 25.4 Å². The zero-order chi connectivity index (χ0) is 17.9. The van der Waals surface area contributed by atoms with Gasteiger partial charge in [0.1, 0.15) is 18.7 Å². The van der Waals surface area contributed by atoms with Crippen molar-refractivity contribution in [2.24, 2.45) is 0 Å². The summed E-state index contributed by atoms with van der Waals surface area (Å²) in [7, 11) is 0. The standard InChI is InChI=1S/C18H16N6O2/c19-9-15-18(21-7-6-20-15)26-13-5-8-23(10-13)17(25)11-24-12-22-14-3-1-2-4-16(14)24/h1-4,6-7,12-13H,5,8,10-11H2/t13-/m1/s1. The number of amides is 1. The average molecular weight is 348 g/mol. The number of ether oxygens (including phenoxy) is 1. The van der Waals surface area contributed by atoms with E-state index in [2.05, 4.69) is 15.0 Å². The first-order chi connectivity index (χ1) is 12.7. The molecular weight excluding hydrogens is 332 g/mol. The van der Waals surface area contributed by atoms with Gasteiger partial charge in [-0.1, -0.05) is 12.1 Å². The Morgan fingerprint density at radius 3 is 3.00 bits per heavy atom. The lowest BCUT2D eigenvalue weighted by Crippen LogP contribution is -2.33. The normalized spacial score (nSPS) is 16.6. The summed E-state index contributed by atoms with van der Waals surface area (Å²) in [6.07, 6.45) is 5.12. The van der Waals surface area contributed by atoms with E-state index < -0.39 is 0 Å². The lowest BCUT2D eigenvalue weighted by atomic mass is 10.3. The van der Waals surface area contributed by atoms with E-state index in [4.69, 9.17) is 10.00 Å². The van der Waals surface area contributed by atoms with Crippen LogP contribution in [-0.2, 0) is 11.3 Å². The van der Waals surface area contributed by atoms with Gasteiger partial charge in [0.15, 0.2) is 0 Å². The second kappa shape index (κ2) is 6.80. The van der Waals surface area contributed by atoms with Crippen molar-refractivity contribution in [3.8, 4) is 11.9 Å². The molecule has 1 atom stereocenters. The highest BCUT2D eigenvalue weighted by Gasteiger charge is 2.28. The maximum Gasteiger partial charge on any atom is 0.251 e. The number of fused-ring (bicyclic) bond motifs is 1. The fraction of sp³-hybridized carbons (Fsp3) is 0.278. The van der Waals surface area contributed by atoms with E-state index in [9.17, 15) is 4.79 Å². The number of imidazole rings is 1. The van der Waals surface area contributed by atoms with Gasteiger partial charge in [0.2, 0.25) is 11.6 Å². The molecule has 8 nitrogen and oxygen atoms in total. The molecule has 1 saturated heterocycles. The van der Waals surface area contributed by atoms with Gasteiger partial charge in [-0.3, -0.25) is 4.79 Å². The molecule has 130 valence electrons. The molecule has 0 bridgehead atoms. The molecule has 0 aliphatic carbocycles. The summed E-state index contributed by atoms with van der Waals surface area (Å²) in [4.78, 5) is 26.7. The highest BCUT2D eigenvalue weighted by atomic mass is 16.5. The van der Waals surface area contributed by atoms with Crippen LogP contribution in [0.2, 0.25) is 0 Å². The number of carbonyl (C=O) groups is 1. The van der Waals surface area contributed by atoms with Crippen molar-refractivity contribution in [3.05, 3.63) is 48.7 Å². The van der Waals surface area contributed by atoms with E-state index in [1.165, 1.54) is 12.4 Å². The first kappa shape index (κ1) is 16.0. The second-order valence-electron chi connectivity index (χ2n) is 6.05. The van der Waals surface area contributed by atoms with Crippen molar-refractivity contribution in [1.29, 1.82) is 5.26 Å². The molecule has 2 aromatic heterocycles. The van der Waals surface area contributed by atoms with Crippen LogP contribution in [0.25, 0.3) is 11.0 Å². The molecule has 8 heteroatoms. The highest BCUT2D eigenvalue weighted by Crippen LogP contribution is 2.19. The molecule has 0 radical (unpaired) electrons. The molecule has 0 spiro atoms. The number of likely N-dealkylation sites (tertiary alicyclic amines) is 1. The summed E-state index contributed by atoms with van der Waals surface area (Å²) < 4.78 is 7.62. The largest absolute Gasteiger partial charge is 0.470 e. The number of aromatic nitrogens is 4. The lowest BCUT2D eigenvalue weighted by molar-refractivity contribution is -0.131. The predicted octanol–water partition coefficient (Wildman–Crippen LogP) is 1.38. The number of rotatable bonds is 4. The van der Waals surface area contributed by atoms with E-state index in [-0.39, 0.29) is 30.1 Å². The van der Waals surface area contributed by atoms with Gasteiger partial charge in [-0.25, -0.2) is 15.0 Å². The molecule has 1 fully saturated rings. The minimum absolute atomic E-state index is 0.0129. The zero-order valence-corrected chi connectivity index (χ0v) is 13.9. The minimum Gasteiger partial charge on any atom is -0.470 e. The Bertz CT molecular complexity index is 993. The van der Waals surface area contributed by atoms with Crippen LogP contribution in [-0.4, -0.2) is 49.5 Å². The van der Waals surface area contributed by atoms with Crippen molar-refractivity contribution >= 4 is 16.9 Å². The van der Waals surface area contributed by atoms with Gasteiger partial charge in [-0.2, -0.15) is 5.26 Å². The quantitative estimate of drug-likeness (QED) is 0.706. The number of nitriles is 1. The maximum atomic E-state index is 12.6. The molecule has 1 aliphatic rings. The van der Waals surface area contributed by atoms with Gasteiger partial charge in [0.25, 0.3) is 5.88 Å². The second-order valence-corrected chi connectivity index (χ2v) is 6.05.